The molecule has 13 heteroatoms. The molecular formula is C35H43F2N3O8. The van der Waals surface area contributed by atoms with Crippen LogP contribution in [0.3, 0.4) is 0 Å². The number of amides is 2. The van der Waals surface area contributed by atoms with Gasteiger partial charge in [-0.25, -0.2) is 4.79 Å². The van der Waals surface area contributed by atoms with Crippen molar-refractivity contribution in [1.29, 1.82) is 0 Å². The smallest absolute Gasteiger partial charge is 0.409 e. The molecule has 0 bridgehead atoms. The van der Waals surface area contributed by atoms with Gasteiger partial charge in [-0.15, -0.1) is 0 Å². The van der Waals surface area contributed by atoms with E-state index in [2.05, 4.69) is 4.98 Å². The number of carbonyl (C=O) groups excluding carboxylic acids is 2. The van der Waals surface area contributed by atoms with E-state index in [1.165, 1.54) is 21.3 Å². The summed E-state index contributed by atoms with van der Waals surface area (Å²) in [6.45, 7) is 0.627. The molecule has 48 heavy (non-hydrogen) atoms. The molecule has 2 aromatic carbocycles. The van der Waals surface area contributed by atoms with Gasteiger partial charge >= 0.3 is 12.0 Å². The highest BCUT2D eigenvalue weighted by Crippen LogP contribution is 2.43. The largest absolute Gasteiger partial charge is 0.493 e. The van der Waals surface area contributed by atoms with Gasteiger partial charge in [-0.2, -0.15) is 8.78 Å². The minimum atomic E-state index is -3.91. The Kier molecular flexibility index (Phi) is 12.6. The fourth-order valence-corrected chi connectivity index (χ4v) is 5.72. The number of hydrogen-bond donors (Lipinski definition) is 0. The summed E-state index contributed by atoms with van der Waals surface area (Å²) in [5, 5.41) is 0. The fourth-order valence-electron chi connectivity index (χ4n) is 5.72. The molecule has 11 nitrogen and oxygen atoms in total. The van der Waals surface area contributed by atoms with Gasteiger partial charge in [0, 0.05) is 37.6 Å². The molecule has 1 atom stereocenters. The number of likely N-dealkylation sites (tertiary alicyclic amines) is 1. The molecule has 260 valence electrons. The Hall–Kier alpha value is -4.81. The maximum absolute atomic E-state index is 15.7. The van der Waals surface area contributed by atoms with Crippen molar-refractivity contribution in [3.8, 4) is 28.7 Å². The zero-order valence-corrected chi connectivity index (χ0v) is 28.0. The molecule has 1 unspecified atom stereocenters. The molecule has 0 saturated carbocycles. The molecule has 1 aromatic heterocycles. The molecule has 1 fully saturated rings. The Balaban J connectivity index is 1.44. The lowest BCUT2D eigenvalue weighted by Crippen LogP contribution is -2.47. The maximum Gasteiger partial charge on any atom is 0.409 e. The average Bonchev–Trinajstić information content (AvgIpc) is 3.59. The van der Waals surface area contributed by atoms with Crippen molar-refractivity contribution < 1.29 is 46.8 Å². The van der Waals surface area contributed by atoms with Crippen LogP contribution in [0.1, 0.15) is 36.0 Å². The molecule has 0 N–H and O–H groups in total. The monoisotopic (exact) mass is 671 g/mol. The number of methoxy groups -OCH3 is 5. The molecule has 4 rings (SSSR count). The van der Waals surface area contributed by atoms with Crippen molar-refractivity contribution >= 4 is 12.0 Å². The molecule has 1 saturated heterocycles. The summed E-state index contributed by atoms with van der Waals surface area (Å²) in [7, 11) is 7.09. The summed E-state index contributed by atoms with van der Waals surface area (Å²) in [6, 6.07) is 10.8. The Morgan fingerprint density at radius 1 is 0.875 bits per heavy atom. The molecule has 0 radical (unpaired) electrons. The number of alkyl halides is 2. The molecule has 2 heterocycles. The van der Waals surface area contributed by atoms with Crippen LogP contribution in [0, 0.1) is 0 Å². The van der Waals surface area contributed by atoms with Crippen molar-refractivity contribution in [1.82, 2.24) is 14.8 Å². The van der Waals surface area contributed by atoms with E-state index >= 15 is 8.78 Å². The topological polar surface area (TPSA) is 109 Å². The average molecular weight is 672 g/mol. The van der Waals surface area contributed by atoms with Crippen LogP contribution in [0.25, 0.3) is 0 Å². The number of aromatic nitrogens is 1. The third kappa shape index (κ3) is 8.55. The van der Waals surface area contributed by atoms with Crippen molar-refractivity contribution in [2.45, 2.75) is 44.1 Å². The van der Waals surface area contributed by atoms with Gasteiger partial charge in [0.1, 0.15) is 6.61 Å². The number of pyridine rings is 1. The van der Waals surface area contributed by atoms with E-state index in [1.54, 1.807) is 37.6 Å². The van der Waals surface area contributed by atoms with E-state index in [4.69, 9.17) is 28.4 Å². The van der Waals surface area contributed by atoms with Crippen LogP contribution in [-0.4, -0.2) is 94.6 Å². The third-order valence-electron chi connectivity index (χ3n) is 8.33. The molecule has 2 amide bonds. The first-order valence-corrected chi connectivity index (χ1v) is 15.7. The van der Waals surface area contributed by atoms with E-state index in [1.807, 2.05) is 24.3 Å². The molecular weight excluding hydrogens is 628 g/mol. The van der Waals surface area contributed by atoms with Gasteiger partial charge in [0.05, 0.1) is 41.6 Å². The maximum atomic E-state index is 15.7. The number of ether oxygens (including phenoxy) is 6. The Morgan fingerprint density at radius 3 is 2.21 bits per heavy atom. The van der Waals surface area contributed by atoms with Crippen molar-refractivity contribution in [2.24, 2.45) is 0 Å². The second-order valence-electron chi connectivity index (χ2n) is 11.3. The van der Waals surface area contributed by atoms with Crippen LogP contribution >= 0.6 is 0 Å². The first-order chi connectivity index (χ1) is 23.2. The highest BCUT2D eigenvalue weighted by atomic mass is 19.3. The number of hydrogen-bond acceptors (Lipinski definition) is 9. The Labute approximate surface area is 279 Å². The van der Waals surface area contributed by atoms with E-state index in [0.29, 0.717) is 56.7 Å². The van der Waals surface area contributed by atoms with Gasteiger partial charge in [0.2, 0.25) is 5.75 Å². The third-order valence-corrected chi connectivity index (χ3v) is 8.33. The SMILES string of the molecule is COc1ccc(CCN(CCCc2cccnc2)C(=O)OCC2CCCN2C(=O)C(F)(F)c2cc(OC)c(OC)c(OC)c2)cc1OC. The first-order valence-electron chi connectivity index (χ1n) is 15.7. The van der Waals surface area contributed by atoms with E-state index in [9.17, 15) is 9.59 Å². The van der Waals surface area contributed by atoms with E-state index in [-0.39, 0.29) is 30.4 Å². The second-order valence-corrected chi connectivity index (χ2v) is 11.3. The highest BCUT2D eigenvalue weighted by Gasteiger charge is 2.48. The van der Waals surface area contributed by atoms with Gasteiger partial charge in [-0.1, -0.05) is 12.1 Å². The van der Waals surface area contributed by atoms with Gasteiger partial charge < -0.3 is 38.2 Å². The molecule has 1 aliphatic rings. The lowest BCUT2D eigenvalue weighted by molar-refractivity contribution is -0.160. The van der Waals surface area contributed by atoms with Crippen LogP contribution in [0.15, 0.2) is 54.9 Å². The van der Waals surface area contributed by atoms with Crippen LogP contribution in [0.2, 0.25) is 0 Å². The zero-order chi connectivity index (χ0) is 34.7. The van der Waals surface area contributed by atoms with Crippen molar-refractivity contribution in [3.63, 3.8) is 0 Å². The van der Waals surface area contributed by atoms with Crippen molar-refractivity contribution in [3.05, 3.63) is 71.5 Å². The van der Waals surface area contributed by atoms with Gasteiger partial charge in [0.25, 0.3) is 5.91 Å². The summed E-state index contributed by atoms with van der Waals surface area (Å²) < 4.78 is 63.6. The predicted octanol–water partition coefficient (Wildman–Crippen LogP) is 5.52. The summed E-state index contributed by atoms with van der Waals surface area (Å²) in [6.07, 6.45) is 5.68. The Morgan fingerprint density at radius 2 is 1.58 bits per heavy atom. The summed E-state index contributed by atoms with van der Waals surface area (Å²) in [5.41, 5.74) is 1.37. The lowest BCUT2D eigenvalue weighted by Gasteiger charge is -2.30. The predicted molar refractivity (Wildman–Crippen MR) is 173 cm³/mol. The molecule has 0 aliphatic carbocycles. The summed E-state index contributed by atoms with van der Waals surface area (Å²) in [4.78, 5) is 33.6. The second kappa shape index (κ2) is 16.8. The van der Waals surface area contributed by atoms with Gasteiger partial charge in [-0.3, -0.25) is 9.78 Å². The van der Waals surface area contributed by atoms with Crippen molar-refractivity contribution in [2.75, 3.05) is 61.8 Å². The summed E-state index contributed by atoms with van der Waals surface area (Å²) >= 11 is 0. The minimum absolute atomic E-state index is 0.00271. The number of benzene rings is 2. The van der Waals surface area contributed by atoms with E-state index < -0.39 is 29.5 Å². The summed E-state index contributed by atoms with van der Waals surface area (Å²) in [5.74, 6) is -3.98. The van der Waals surface area contributed by atoms with Crippen LogP contribution < -0.4 is 23.7 Å². The van der Waals surface area contributed by atoms with Crippen LogP contribution in [0.4, 0.5) is 13.6 Å². The lowest BCUT2D eigenvalue weighted by atomic mass is 10.0. The van der Waals surface area contributed by atoms with Gasteiger partial charge in [0.15, 0.2) is 23.0 Å². The number of rotatable bonds is 16. The number of halogens is 2. The minimum Gasteiger partial charge on any atom is -0.493 e. The fraction of sp³-hybridized carbons (Fsp3) is 0.457. The van der Waals surface area contributed by atoms with Crippen LogP contribution in [0.5, 0.6) is 28.7 Å². The molecule has 0 spiro atoms. The van der Waals surface area contributed by atoms with E-state index in [0.717, 1.165) is 28.2 Å². The number of nitrogens with zero attached hydrogens (tertiary/aromatic N) is 3. The Bertz CT molecular complexity index is 1500. The normalized spacial score (nSPS) is 14.3. The molecule has 1 aliphatic heterocycles. The number of aryl methyl sites for hydroxylation is 1. The number of carbonyl (C=O) groups is 2. The highest BCUT2D eigenvalue weighted by molar-refractivity contribution is 5.86. The van der Waals surface area contributed by atoms with Crippen LogP contribution in [-0.2, 0) is 28.3 Å². The first kappa shape index (κ1) is 36.0. The quantitative estimate of drug-likeness (QED) is 0.195. The zero-order valence-electron chi connectivity index (χ0n) is 28.0. The molecule has 3 aromatic rings. The van der Waals surface area contributed by atoms with Gasteiger partial charge in [-0.05, 0) is 73.6 Å². The standard InChI is InChI=1S/C35H43F2N3O8/c1-43-28-13-12-24(19-29(28)44-2)14-18-39(16-7-10-25-9-6-15-38-22-25)34(42)48-23-27-11-8-17-40(27)33(41)35(36,37)26-20-30(45-3)32(47-5)31(21-26)46-4/h6,9,12-13,15,19-22,27H,7-8,10-11,14,16-18,23H2,1-5H3.